The number of primary amides is 1. The number of hydrogen-bond donors (Lipinski definition) is 1. The van der Waals surface area contributed by atoms with Gasteiger partial charge < -0.3 is 10.5 Å². The van der Waals surface area contributed by atoms with Gasteiger partial charge in [-0.1, -0.05) is 50.6 Å². The van der Waals surface area contributed by atoms with Crippen LogP contribution in [0.25, 0.3) is 0 Å². The number of rotatable bonds is 6. The monoisotopic (exact) mass is 249 g/mol. The van der Waals surface area contributed by atoms with Crippen molar-refractivity contribution in [2.24, 2.45) is 11.7 Å². The van der Waals surface area contributed by atoms with Crippen molar-refractivity contribution >= 4 is 11.9 Å². The number of ether oxygens (including phenoxy) is 1. The zero-order valence-electron chi connectivity index (χ0n) is 10.8. The minimum Gasteiger partial charge on any atom is -0.455 e. The standard InChI is InChI=1S/C14H19NO3/c1-3-10(2)13(11-7-5-4-6-8-11)14(17)18-9-12(15)16/h4-8,10,13H,3,9H2,1-2H3,(H2,15,16)/t10-,13+/m0/s1. The SMILES string of the molecule is CC[C@H](C)[C@@H](C(=O)OCC(N)=O)c1ccccc1. The highest BCUT2D eigenvalue weighted by atomic mass is 16.5. The molecule has 0 aliphatic rings. The van der Waals surface area contributed by atoms with Crippen LogP contribution >= 0.6 is 0 Å². The van der Waals surface area contributed by atoms with E-state index in [2.05, 4.69) is 0 Å². The highest BCUT2D eigenvalue weighted by molar-refractivity contribution is 5.82. The molecule has 1 rings (SSSR count). The number of nitrogens with two attached hydrogens (primary N) is 1. The van der Waals surface area contributed by atoms with E-state index in [9.17, 15) is 9.59 Å². The van der Waals surface area contributed by atoms with E-state index in [0.717, 1.165) is 12.0 Å². The highest BCUT2D eigenvalue weighted by Gasteiger charge is 2.27. The Morgan fingerprint density at radius 2 is 1.89 bits per heavy atom. The van der Waals surface area contributed by atoms with E-state index in [0.29, 0.717) is 0 Å². The molecule has 0 bridgehead atoms. The molecule has 1 amide bonds. The van der Waals surface area contributed by atoms with E-state index in [1.54, 1.807) is 0 Å². The van der Waals surface area contributed by atoms with Crippen molar-refractivity contribution in [2.45, 2.75) is 26.2 Å². The van der Waals surface area contributed by atoms with Crippen LogP contribution in [0.5, 0.6) is 0 Å². The van der Waals surface area contributed by atoms with Crippen LogP contribution in [0, 0.1) is 5.92 Å². The molecule has 2 N–H and O–H groups in total. The van der Waals surface area contributed by atoms with Crippen LogP contribution in [-0.4, -0.2) is 18.5 Å². The molecule has 0 spiro atoms. The second-order valence-corrected chi connectivity index (χ2v) is 4.35. The number of carbonyl (C=O) groups is 2. The molecule has 0 radical (unpaired) electrons. The third-order valence-corrected chi connectivity index (χ3v) is 2.98. The van der Waals surface area contributed by atoms with Crippen molar-refractivity contribution in [3.63, 3.8) is 0 Å². The van der Waals surface area contributed by atoms with E-state index in [4.69, 9.17) is 10.5 Å². The Labute approximate surface area is 107 Å². The number of amides is 1. The van der Waals surface area contributed by atoms with Crippen LogP contribution in [-0.2, 0) is 14.3 Å². The van der Waals surface area contributed by atoms with Gasteiger partial charge in [0.15, 0.2) is 6.61 Å². The van der Waals surface area contributed by atoms with Gasteiger partial charge in [0, 0.05) is 0 Å². The fourth-order valence-corrected chi connectivity index (χ4v) is 1.83. The van der Waals surface area contributed by atoms with Gasteiger partial charge in [0.05, 0.1) is 5.92 Å². The maximum Gasteiger partial charge on any atom is 0.314 e. The van der Waals surface area contributed by atoms with Gasteiger partial charge in [0.2, 0.25) is 0 Å². The first kappa shape index (κ1) is 14.2. The van der Waals surface area contributed by atoms with Crippen LogP contribution in [0.3, 0.4) is 0 Å². The molecule has 18 heavy (non-hydrogen) atoms. The smallest absolute Gasteiger partial charge is 0.314 e. The lowest BCUT2D eigenvalue weighted by molar-refractivity contribution is -0.150. The summed E-state index contributed by atoms with van der Waals surface area (Å²) in [5, 5.41) is 0. The normalized spacial score (nSPS) is 13.7. The minimum absolute atomic E-state index is 0.146. The average Bonchev–Trinajstić information content (AvgIpc) is 2.37. The molecule has 4 heteroatoms. The largest absolute Gasteiger partial charge is 0.455 e. The van der Waals surface area contributed by atoms with E-state index < -0.39 is 11.9 Å². The van der Waals surface area contributed by atoms with Crippen molar-refractivity contribution < 1.29 is 14.3 Å². The van der Waals surface area contributed by atoms with Crippen LogP contribution in [0.15, 0.2) is 30.3 Å². The molecule has 0 aromatic heterocycles. The molecule has 0 unspecified atom stereocenters. The molecule has 0 heterocycles. The first-order valence-electron chi connectivity index (χ1n) is 6.06. The van der Waals surface area contributed by atoms with Crippen LogP contribution in [0.2, 0.25) is 0 Å². The third kappa shape index (κ3) is 3.87. The van der Waals surface area contributed by atoms with E-state index in [1.165, 1.54) is 0 Å². The lowest BCUT2D eigenvalue weighted by atomic mass is 9.86. The molecule has 1 aromatic carbocycles. The summed E-state index contributed by atoms with van der Waals surface area (Å²) in [6, 6.07) is 9.44. The van der Waals surface area contributed by atoms with Gasteiger partial charge in [-0.05, 0) is 11.5 Å². The molecule has 4 nitrogen and oxygen atoms in total. The first-order chi connectivity index (χ1) is 8.56. The predicted molar refractivity (Wildman–Crippen MR) is 68.8 cm³/mol. The maximum absolute atomic E-state index is 12.0. The van der Waals surface area contributed by atoms with E-state index in [1.807, 2.05) is 44.2 Å². The lowest BCUT2D eigenvalue weighted by Crippen LogP contribution is -2.27. The Morgan fingerprint density at radius 1 is 1.28 bits per heavy atom. The van der Waals surface area contributed by atoms with Gasteiger partial charge in [0.25, 0.3) is 5.91 Å². The van der Waals surface area contributed by atoms with Crippen molar-refractivity contribution in [3.05, 3.63) is 35.9 Å². The third-order valence-electron chi connectivity index (χ3n) is 2.98. The summed E-state index contributed by atoms with van der Waals surface area (Å²) < 4.78 is 4.93. The Bertz CT molecular complexity index is 403. The van der Waals surface area contributed by atoms with Gasteiger partial charge in [0.1, 0.15) is 0 Å². The summed E-state index contributed by atoms with van der Waals surface area (Å²) in [7, 11) is 0. The molecule has 0 saturated heterocycles. The molecule has 0 aliphatic heterocycles. The average molecular weight is 249 g/mol. The zero-order chi connectivity index (χ0) is 13.5. The van der Waals surface area contributed by atoms with Crippen molar-refractivity contribution in [2.75, 3.05) is 6.61 Å². The Morgan fingerprint density at radius 3 is 2.39 bits per heavy atom. The van der Waals surface area contributed by atoms with Gasteiger partial charge in [-0.15, -0.1) is 0 Å². The molecule has 1 aromatic rings. The molecule has 0 aliphatic carbocycles. The fraction of sp³-hybridized carbons (Fsp3) is 0.429. The molecule has 0 saturated carbocycles. The predicted octanol–water partition coefficient (Wildman–Crippen LogP) is 1.84. The van der Waals surface area contributed by atoms with Crippen LogP contribution in [0.1, 0.15) is 31.7 Å². The second-order valence-electron chi connectivity index (χ2n) is 4.35. The summed E-state index contributed by atoms with van der Waals surface area (Å²) in [6.07, 6.45) is 0.852. The first-order valence-corrected chi connectivity index (χ1v) is 6.06. The summed E-state index contributed by atoms with van der Waals surface area (Å²) in [5.41, 5.74) is 5.88. The molecule has 2 atom stereocenters. The van der Waals surface area contributed by atoms with Crippen LogP contribution < -0.4 is 5.73 Å². The highest BCUT2D eigenvalue weighted by Crippen LogP contribution is 2.28. The lowest BCUT2D eigenvalue weighted by Gasteiger charge is -2.21. The van der Waals surface area contributed by atoms with Crippen molar-refractivity contribution in [3.8, 4) is 0 Å². The summed E-state index contributed by atoms with van der Waals surface area (Å²) in [5.74, 6) is -1.24. The minimum atomic E-state index is -0.640. The van der Waals surface area contributed by atoms with Gasteiger partial charge >= 0.3 is 5.97 Å². The number of esters is 1. The summed E-state index contributed by atoms with van der Waals surface area (Å²) in [6.45, 7) is 3.64. The van der Waals surface area contributed by atoms with Gasteiger partial charge in [-0.2, -0.15) is 0 Å². The Balaban J connectivity index is 2.85. The molecular formula is C14H19NO3. The number of carbonyl (C=O) groups excluding carboxylic acids is 2. The number of hydrogen-bond acceptors (Lipinski definition) is 3. The Kier molecular flexibility index (Phi) is 5.36. The van der Waals surface area contributed by atoms with Crippen LogP contribution in [0.4, 0.5) is 0 Å². The topological polar surface area (TPSA) is 69.4 Å². The summed E-state index contributed by atoms with van der Waals surface area (Å²) >= 11 is 0. The maximum atomic E-state index is 12.0. The second kappa shape index (κ2) is 6.79. The molecule has 98 valence electrons. The van der Waals surface area contributed by atoms with Gasteiger partial charge in [-0.3, -0.25) is 9.59 Å². The van der Waals surface area contributed by atoms with E-state index in [-0.39, 0.29) is 18.4 Å². The zero-order valence-corrected chi connectivity index (χ0v) is 10.8. The molecule has 0 fully saturated rings. The fourth-order valence-electron chi connectivity index (χ4n) is 1.83. The number of benzene rings is 1. The molecular weight excluding hydrogens is 230 g/mol. The summed E-state index contributed by atoms with van der Waals surface area (Å²) in [4.78, 5) is 22.7. The Hall–Kier alpha value is -1.84. The quantitative estimate of drug-likeness (QED) is 0.782. The van der Waals surface area contributed by atoms with E-state index >= 15 is 0 Å². The van der Waals surface area contributed by atoms with Gasteiger partial charge in [-0.25, -0.2) is 0 Å². The van der Waals surface area contributed by atoms with Crippen molar-refractivity contribution in [1.29, 1.82) is 0 Å². The van der Waals surface area contributed by atoms with Crippen molar-refractivity contribution in [1.82, 2.24) is 0 Å².